The molecule has 6 rings (SSSR count). The van der Waals surface area contributed by atoms with Gasteiger partial charge in [0.1, 0.15) is 6.10 Å². The van der Waals surface area contributed by atoms with Crippen molar-refractivity contribution in [2.45, 2.75) is 68.0 Å². The quantitative estimate of drug-likeness (QED) is 0.428. The number of alkyl halides is 3. The maximum Gasteiger partial charge on any atom is 0.416 e. The molecule has 2 aliphatic heterocycles. The number of benzene rings is 2. The lowest BCUT2D eigenvalue weighted by molar-refractivity contribution is -0.226. The van der Waals surface area contributed by atoms with Crippen molar-refractivity contribution in [3.63, 3.8) is 0 Å². The fourth-order valence-corrected chi connectivity index (χ4v) is 8.17. The first-order valence-electron chi connectivity index (χ1n) is 14.0. The Kier molecular flexibility index (Phi) is 6.44. The molecule has 4 aliphatic rings. The van der Waals surface area contributed by atoms with Gasteiger partial charge in [-0.1, -0.05) is 31.4 Å². The highest BCUT2D eigenvalue weighted by Gasteiger charge is 2.75. The van der Waals surface area contributed by atoms with Crippen LogP contribution in [0.3, 0.4) is 0 Å². The summed E-state index contributed by atoms with van der Waals surface area (Å²) in [4.78, 5) is 17.2. The van der Waals surface area contributed by atoms with Gasteiger partial charge in [0.25, 0.3) is 5.91 Å². The Hall–Kier alpha value is -3.48. The molecule has 0 unspecified atom stereocenters. The maximum absolute atomic E-state index is 13.4. The second-order valence-corrected chi connectivity index (χ2v) is 11.7. The molecule has 1 saturated heterocycles. The van der Waals surface area contributed by atoms with Crippen LogP contribution in [0.5, 0.6) is 11.5 Å². The van der Waals surface area contributed by atoms with E-state index in [1.165, 1.54) is 12.1 Å². The van der Waals surface area contributed by atoms with Crippen molar-refractivity contribution in [2.75, 3.05) is 20.1 Å². The third-order valence-corrected chi connectivity index (χ3v) is 9.97. The van der Waals surface area contributed by atoms with Gasteiger partial charge in [0.05, 0.1) is 22.6 Å². The van der Waals surface area contributed by atoms with Crippen molar-refractivity contribution in [3.8, 4) is 23.3 Å². The van der Waals surface area contributed by atoms with Gasteiger partial charge < -0.3 is 19.8 Å². The summed E-state index contributed by atoms with van der Waals surface area (Å²) in [5.41, 5.74) is -0.556. The topological polar surface area (TPSA) is 73.2 Å². The number of amides is 1. The number of hydrogen-bond donors (Lipinski definition) is 2. The van der Waals surface area contributed by atoms with Crippen LogP contribution in [-0.4, -0.2) is 69.8 Å². The highest BCUT2D eigenvalue weighted by atomic mass is 19.4. The standard InChI is InChI=1S/C32H33F3N2O4/c1-4-15-37-16-14-30-27-20-9-12-24(38)28(27)41-29(30)23(18-21(5-2)31(30,40)25(37)17-20)36(3)26(39)13-8-19-6-10-22(11-7-19)32(33,34)35/h4,6-7,9-12,21,23,25,29,38,40H,1,5,14-18H2,2-3H3/t21-,23-,25+,29-,30-,31+/m0/s1. The third kappa shape index (κ3) is 3.84. The number of hydrogen-bond acceptors (Lipinski definition) is 5. The van der Waals surface area contributed by atoms with Gasteiger partial charge in [-0.15, -0.1) is 6.58 Å². The zero-order chi connectivity index (χ0) is 29.3. The average Bonchev–Trinajstić information content (AvgIpc) is 3.29. The molecule has 2 fully saturated rings. The van der Waals surface area contributed by atoms with Gasteiger partial charge in [-0.2, -0.15) is 13.2 Å². The molecule has 9 heteroatoms. The van der Waals surface area contributed by atoms with Crippen LogP contribution in [0.1, 0.15) is 48.4 Å². The van der Waals surface area contributed by atoms with Gasteiger partial charge in [0, 0.05) is 36.7 Å². The Balaban J connectivity index is 1.38. The number of phenolic OH excluding ortho intramolecular Hbond substituents is 1. The first-order valence-corrected chi connectivity index (χ1v) is 14.0. The summed E-state index contributed by atoms with van der Waals surface area (Å²) in [6.07, 6.45) is -0.820. The Bertz CT molecular complexity index is 1460. The van der Waals surface area contributed by atoms with Crippen molar-refractivity contribution in [1.82, 2.24) is 9.80 Å². The SMILES string of the molecule is C=CCN1CC[C@]23c4c5ccc(O)c4O[C@H]2[C@@H](N(C)C(=O)C#Cc2ccc(C(F)(F)F)cc2)C[C@H](CC)[C@@]3(O)[C@H]1C5. The number of phenols is 1. The molecule has 2 aromatic rings. The summed E-state index contributed by atoms with van der Waals surface area (Å²) in [6, 6.07) is 7.31. The van der Waals surface area contributed by atoms with E-state index in [0.29, 0.717) is 50.1 Å². The van der Waals surface area contributed by atoms with Crippen LogP contribution in [0.4, 0.5) is 13.2 Å². The monoisotopic (exact) mass is 566 g/mol. The van der Waals surface area contributed by atoms with Crippen LogP contribution in [0, 0.1) is 17.8 Å². The summed E-state index contributed by atoms with van der Waals surface area (Å²) in [5.74, 6) is 5.04. The lowest BCUT2D eigenvalue weighted by atomic mass is 9.45. The van der Waals surface area contributed by atoms with Crippen molar-refractivity contribution in [1.29, 1.82) is 0 Å². The minimum Gasteiger partial charge on any atom is -0.504 e. The Morgan fingerprint density at radius 3 is 2.66 bits per heavy atom. The number of likely N-dealkylation sites (tertiary alicyclic amines) is 1. The fourth-order valence-electron chi connectivity index (χ4n) is 8.17. The van der Waals surface area contributed by atoms with Crippen LogP contribution in [0.15, 0.2) is 49.1 Å². The number of ether oxygens (including phenoxy) is 1. The Morgan fingerprint density at radius 1 is 1.27 bits per heavy atom. The molecule has 1 spiro atoms. The molecule has 2 aliphatic carbocycles. The van der Waals surface area contributed by atoms with E-state index in [-0.39, 0.29) is 17.7 Å². The van der Waals surface area contributed by atoms with Crippen LogP contribution in [0.25, 0.3) is 0 Å². The van der Waals surface area contributed by atoms with E-state index in [4.69, 9.17) is 4.74 Å². The minimum atomic E-state index is -4.45. The van der Waals surface area contributed by atoms with Crippen LogP contribution >= 0.6 is 0 Å². The summed E-state index contributed by atoms with van der Waals surface area (Å²) in [6.45, 7) is 7.33. The van der Waals surface area contributed by atoms with E-state index < -0.39 is 40.8 Å². The molecule has 0 aromatic heterocycles. The van der Waals surface area contributed by atoms with E-state index in [1.807, 2.05) is 19.1 Å². The smallest absolute Gasteiger partial charge is 0.416 e. The summed E-state index contributed by atoms with van der Waals surface area (Å²) >= 11 is 0. The van der Waals surface area contributed by atoms with Crippen LogP contribution in [0.2, 0.25) is 0 Å². The molecule has 6 atom stereocenters. The predicted octanol–water partition coefficient (Wildman–Crippen LogP) is 4.27. The van der Waals surface area contributed by atoms with Crippen LogP contribution in [-0.2, 0) is 22.8 Å². The minimum absolute atomic E-state index is 0.0183. The highest BCUT2D eigenvalue weighted by Crippen LogP contribution is 2.67. The molecule has 1 amide bonds. The molecular weight excluding hydrogens is 533 g/mol. The lowest BCUT2D eigenvalue weighted by Gasteiger charge is -2.67. The molecule has 1 saturated carbocycles. The summed E-state index contributed by atoms with van der Waals surface area (Å²) < 4.78 is 45.3. The second-order valence-electron chi connectivity index (χ2n) is 11.7. The number of halogens is 3. The molecule has 41 heavy (non-hydrogen) atoms. The summed E-state index contributed by atoms with van der Waals surface area (Å²) in [7, 11) is 1.66. The Labute approximate surface area is 237 Å². The molecule has 216 valence electrons. The third-order valence-electron chi connectivity index (χ3n) is 9.97. The zero-order valence-corrected chi connectivity index (χ0v) is 23.0. The molecule has 2 aromatic carbocycles. The van der Waals surface area contributed by atoms with Crippen LogP contribution < -0.4 is 4.74 Å². The van der Waals surface area contributed by atoms with E-state index in [0.717, 1.165) is 23.3 Å². The number of likely N-dealkylation sites (N-methyl/N-ethyl adjacent to an activating group) is 1. The van der Waals surface area contributed by atoms with Crippen molar-refractivity contribution < 1.29 is 32.9 Å². The number of carbonyl (C=O) groups is 1. The average molecular weight is 567 g/mol. The lowest BCUT2D eigenvalue weighted by Crippen LogP contribution is -2.80. The highest BCUT2D eigenvalue weighted by molar-refractivity contribution is 5.94. The molecule has 2 N–H and O–H groups in total. The number of nitrogens with zero attached hydrogens (tertiary/aromatic N) is 2. The number of piperidine rings is 1. The Morgan fingerprint density at radius 2 is 2.00 bits per heavy atom. The number of carbonyl (C=O) groups excluding carboxylic acids is 1. The van der Waals surface area contributed by atoms with E-state index in [9.17, 15) is 28.2 Å². The van der Waals surface area contributed by atoms with Gasteiger partial charge in [-0.05, 0) is 67.6 Å². The fraction of sp³-hybridized carbons (Fsp3) is 0.469. The molecule has 0 radical (unpaired) electrons. The normalized spacial score (nSPS) is 31.4. The number of aromatic hydroxyl groups is 1. The van der Waals surface area contributed by atoms with E-state index >= 15 is 0 Å². The first-order chi connectivity index (χ1) is 19.5. The number of rotatable bonds is 4. The van der Waals surface area contributed by atoms with E-state index in [2.05, 4.69) is 23.3 Å². The van der Waals surface area contributed by atoms with Gasteiger partial charge in [-0.3, -0.25) is 9.69 Å². The van der Waals surface area contributed by atoms with Gasteiger partial charge >= 0.3 is 6.18 Å². The predicted molar refractivity (Wildman–Crippen MR) is 146 cm³/mol. The zero-order valence-electron chi connectivity index (χ0n) is 23.0. The van der Waals surface area contributed by atoms with Gasteiger partial charge in [0.15, 0.2) is 11.5 Å². The largest absolute Gasteiger partial charge is 0.504 e. The molecule has 6 nitrogen and oxygen atoms in total. The van der Waals surface area contributed by atoms with Gasteiger partial charge in [-0.25, -0.2) is 0 Å². The second kappa shape index (κ2) is 9.53. The maximum atomic E-state index is 13.4. The summed E-state index contributed by atoms with van der Waals surface area (Å²) in [5, 5.41) is 23.7. The molecule has 2 heterocycles. The molecular formula is C32H33F3N2O4. The first kappa shape index (κ1) is 27.7. The number of aliphatic hydroxyl groups is 1. The van der Waals surface area contributed by atoms with Gasteiger partial charge in [0.2, 0.25) is 0 Å². The van der Waals surface area contributed by atoms with Crippen molar-refractivity contribution in [2.24, 2.45) is 5.92 Å². The van der Waals surface area contributed by atoms with E-state index in [1.54, 1.807) is 18.0 Å². The molecule has 2 bridgehead atoms. The van der Waals surface area contributed by atoms with Crippen molar-refractivity contribution in [3.05, 3.63) is 71.3 Å². The van der Waals surface area contributed by atoms with Crippen molar-refractivity contribution >= 4 is 5.91 Å².